The van der Waals surface area contributed by atoms with Crippen molar-refractivity contribution in [2.45, 2.75) is 31.4 Å². The van der Waals surface area contributed by atoms with Crippen molar-refractivity contribution in [3.8, 4) is 11.5 Å². The van der Waals surface area contributed by atoms with Crippen molar-refractivity contribution in [1.82, 2.24) is 4.90 Å². The largest absolute Gasteiger partial charge is 0.493 e. The molecule has 0 radical (unpaired) electrons. The molecule has 0 bridgehead atoms. The van der Waals surface area contributed by atoms with Crippen LogP contribution >= 0.6 is 11.6 Å². The van der Waals surface area contributed by atoms with Gasteiger partial charge in [-0.25, -0.2) is 0 Å². The molecule has 2 N–H and O–H groups in total. The summed E-state index contributed by atoms with van der Waals surface area (Å²) in [5, 5.41) is 0.689. The molecule has 2 aliphatic rings. The molecule has 3 rings (SSSR count). The van der Waals surface area contributed by atoms with Gasteiger partial charge < -0.3 is 15.2 Å². The summed E-state index contributed by atoms with van der Waals surface area (Å²) in [6.45, 7) is 1.73. The van der Waals surface area contributed by atoms with Crippen LogP contribution in [0.25, 0.3) is 0 Å². The van der Waals surface area contributed by atoms with Gasteiger partial charge in [0.25, 0.3) is 0 Å². The lowest BCUT2D eigenvalue weighted by atomic mass is 9.98. The Morgan fingerprint density at radius 3 is 2.71 bits per heavy atom. The molecule has 1 aliphatic carbocycles. The minimum Gasteiger partial charge on any atom is -0.493 e. The number of nitrogens with two attached hydrogens (primary N) is 1. The van der Waals surface area contributed by atoms with Crippen molar-refractivity contribution in [3.63, 3.8) is 0 Å². The van der Waals surface area contributed by atoms with E-state index in [0.29, 0.717) is 23.1 Å². The normalized spacial score (nSPS) is 26.1. The van der Waals surface area contributed by atoms with Gasteiger partial charge in [0, 0.05) is 29.2 Å². The molecule has 1 heterocycles. The van der Waals surface area contributed by atoms with Crippen LogP contribution in [0.2, 0.25) is 5.02 Å². The van der Waals surface area contributed by atoms with Crippen LogP contribution in [0.3, 0.4) is 0 Å². The van der Waals surface area contributed by atoms with Gasteiger partial charge in [0.1, 0.15) is 0 Å². The summed E-state index contributed by atoms with van der Waals surface area (Å²) < 4.78 is 11.6. The Morgan fingerprint density at radius 1 is 1.38 bits per heavy atom. The summed E-state index contributed by atoms with van der Waals surface area (Å²) in [5.41, 5.74) is 6.97. The number of hydrogen-bond donors (Lipinski definition) is 1. The third-order valence-corrected chi connectivity index (χ3v) is 4.62. The van der Waals surface area contributed by atoms with Gasteiger partial charge in [0.05, 0.1) is 13.2 Å². The molecule has 1 aromatic rings. The Kier molecular flexibility index (Phi) is 4.29. The van der Waals surface area contributed by atoms with Gasteiger partial charge in [-0.2, -0.15) is 0 Å². The van der Waals surface area contributed by atoms with Crippen LogP contribution in [0.1, 0.15) is 30.9 Å². The van der Waals surface area contributed by atoms with E-state index in [1.54, 1.807) is 7.11 Å². The predicted molar refractivity (Wildman–Crippen MR) is 84.2 cm³/mol. The van der Waals surface area contributed by atoms with Gasteiger partial charge in [-0.1, -0.05) is 11.6 Å². The van der Waals surface area contributed by atoms with Crippen molar-refractivity contribution < 1.29 is 9.47 Å². The lowest BCUT2D eigenvalue weighted by Crippen LogP contribution is -2.21. The van der Waals surface area contributed by atoms with E-state index in [1.165, 1.54) is 0 Å². The maximum Gasteiger partial charge on any atom is 0.166 e. The van der Waals surface area contributed by atoms with E-state index in [9.17, 15) is 0 Å². The second kappa shape index (κ2) is 6.03. The maximum atomic E-state index is 6.27. The molecule has 21 heavy (non-hydrogen) atoms. The molecule has 1 aliphatic heterocycles. The Balaban J connectivity index is 1.97. The summed E-state index contributed by atoms with van der Waals surface area (Å²) in [4.78, 5) is 2.34. The third kappa shape index (κ3) is 3.12. The molecule has 1 saturated heterocycles. The first-order chi connectivity index (χ1) is 10.1. The minimum atomic E-state index is 0.292. The number of halogens is 1. The summed E-state index contributed by atoms with van der Waals surface area (Å²) >= 11 is 6.27. The number of benzene rings is 1. The highest BCUT2D eigenvalue weighted by molar-refractivity contribution is 6.30. The SMILES string of the molecule is COc1cc(Cl)cc(C2CC(CN)CN2C)c1OC1CC1. The molecule has 1 aromatic carbocycles. The van der Waals surface area contributed by atoms with Gasteiger partial charge >= 0.3 is 0 Å². The second-order valence-corrected chi connectivity index (χ2v) is 6.57. The second-order valence-electron chi connectivity index (χ2n) is 6.14. The summed E-state index contributed by atoms with van der Waals surface area (Å²) in [6, 6.07) is 4.14. The lowest BCUT2D eigenvalue weighted by Gasteiger charge is -2.24. The van der Waals surface area contributed by atoms with Crippen molar-refractivity contribution in [2.24, 2.45) is 11.7 Å². The van der Waals surface area contributed by atoms with E-state index in [1.807, 2.05) is 12.1 Å². The van der Waals surface area contributed by atoms with E-state index in [0.717, 1.165) is 49.4 Å². The van der Waals surface area contributed by atoms with Crippen LogP contribution in [-0.4, -0.2) is 38.3 Å². The monoisotopic (exact) mass is 310 g/mol. The quantitative estimate of drug-likeness (QED) is 0.908. The first-order valence-electron chi connectivity index (χ1n) is 7.56. The van der Waals surface area contributed by atoms with E-state index >= 15 is 0 Å². The molecular formula is C16H23ClN2O2. The first kappa shape index (κ1) is 14.9. The number of rotatable bonds is 5. The number of ether oxygens (including phenoxy) is 2. The molecule has 2 unspecified atom stereocenters. The van der Waals surface area contributed by atoms with Crippen LogP contribution in [0.4, 0.5) is 0 Å². The molecule has 1 saturated carbocycles. The van der Waals surface area contributed by atoms with Crippen molar-refractivity contribution in [3.05, 3.63) is 22.7 Å². The number of nitrogens with zero attached hydrogens (tertiary/aromatic N) is 1. The third-order valence-electron chi connectivity index (χ3n) is 4.40. The Labute approximate surface area is 131 Å². The Hall–Kier alpha value is -0.970. The summed E-state index contributed by atoms with van der Waals surface area (Å²) in [6.07, 6.45) is 3.61. The standard InChI is InChI=1S/C16H23ClN2O2/c1-19-9-10(8-18)5-14(19)13-6-11(17)7-15(20-2)16(13)21-12-3-4-12/h6-7,10,12,14H,3-5,8-9,18H2,1-2H3. The average molecular weight is 311 g/mol. The molecule has 116 valence electrons. The summed E-state index contributed by atoms with van der Waals surface area (Å²) in [7, 11) is 3.80. The zero-order valence-electron chi connectivity index (χ0n) is 12.6. The van der Waals surface area contributed by atoms with E-state index < -0.39 is 0 Å². The van der Waals surface area contributed by atoms with Crippen molar-refractivity contribution in [2.75, 3.05) is 27.2 Å². The molecular weight excluding hydrogens is 288 g/mol. The van der Waals surface area contributed by atoms with Gasteiger partial charge in [-0.3, -0.25) is 4.90 Å². The lowest BCUT2D eigenvalue weighted by molar-refractivity contribution is 0.260. The summed E-state index contributed by atoms with van der Waals surface area (Å²) in [5.74, 6) is 2.12. The minimum absolute atomic E-state index is 0.292. The van der Waals surface area contributed by atoms with Crippen LogP contribution in [0, 0.1) is 5.92 Å². The fourth-order valence-electron chi connectivity index (χ4n) is 3.11. The number of likely N-dealkylation sites (tertiary alicyclic amines) is 1. The Morgan fingerprint density at radius 2 is 2.14 bits per heavy atom. The topological polar surface area (TPSA) is 47.7 Å². The number of methoxy groups -OCH3 is 1. The molecule has 0 spiro atoms. The van der Waals surface area contributed by atoms with Gasteiger partial charge in [0.15, 0.2) is 11.5 Å². The molecule has 0 amide bonds. The molecule has 2 fully saturated rings. The van der Waals surface area contributed by atoms with E-state index in [-0.39, 0.29) is 0 Å². The maximum absolute atomic E-state index is 6.27. The Bertz CT molecular complexity index is 519. The van der Waals surface area contributed by atoms with Crippen molar-refractivity contribution >= 4 is 11.6 Å². The highest BCUT2D eigenvalue weighted by Crippen LogP contribution is 2.45. The molecule has 2 atom stereocenters. The predicted octanol–water partition coefficient (Wildman–Crippen LogP) is 2.84. The zero-order chi connectivity index (χ0) is 15.0. The highest BCUT2D eigenvalue weighted by Gasteiger charge is 2.34. The first-order valence-corrected chi connectivity index (χ1v) is 7.94. The fourth-order valence-corrected chi connectivity index (χ4v) is 3.32. The van der Waals surface area contributed by atoms with Crippen LogP contribution in [0.5, 0.6) is 11.5 Å². The van der Waals surface area contributed by atoms with Gasteiger partial charge in [-0.05, 0) is 44.8 Å². The molecule has 0 aromatic heterocycles. The van der Waals surface area contributed by atoms with Gasteiger partial charge in [0.2, 0.25) is 0 Å². The van der Waals surface area contributed by atoms with Gasteiger partial charge in [-0.15, -0.1) is 0 Å². The van der Waals surface area contributed by atoms with Crippen LogP contribution < -0.4 is 15.2 Å². The average Bonchev–Trinajstić information content (AvgIpc) is 3.21. The van der Waals surface area contributed by atoms with Crippen molar-refractivity contribution in [1.29, 1.82) is 0 Å². The fraction of sp³-hybridized carbons (Fsp3) is 0.625. The molecule has 5 heteroatoms. The molecule has 4 nitrogen and oxygen atoms in total. The van der Waals surface area contributed by atoms with Crippen LogP contribution in [-0.2, 0) is 0 Å². The smallest absolute Gasteiger partial charge is 0.166 e. The van der Waals surface area contributed by atoms with E-state index in [4.69, 9.17) is 26.8 Å². The van der Waals surface area contributed by atoms with Crippen LogP contribution in [0.15, 0.2) is 12.1 Å². The number of hydrogen-bond acceptors (Lipinski definition) is 4. The highest BCUT2D eigenvalue weighted by atomic mass is 35.5. The van der Waals surface area contributed by atoms with E-state index in [2.05, 4.69) is 11.9 Å². The zero-order valence-corrected chi connectivity index (χ0v) is 13.4.